The lowest BCUT2D eigenvalue weighted by Crippen LogP contribution is -2.51. The van der Waals surface area contributed by atoms with Gasteiger partial charge in [-0.15, -0.1) is 0 Å². The van der Waals surface area contributed by atoms with Gasteiger partial charge >= 0.3 is 0 Å². The van der Waals surface area contributed by atoms with Crippen LogP contribution in [0.15, 0.2) is 42.5 Å². The number of carbonyl (C=O) groups excluding carboxylic acids is 1. The number of benzene rings is 2. The number of aldehydes is 1. The van der Waals surface area contributed by atoms with E-state index in [0.717, 1.165) is 59.2 Å². The topological polar surface area (TPSA) is 17.1 Å². The quantitative estimate of drug-likeness (QED) is 0.389. The summed E-state index contributed by atoms with van der Waals surface area (Å²) in [6, 6.07) is 10.9. The second kappa shape index (κ2) is 6.06. The summed E-state index contributed by atoms with van der Waals surface area (Å²) in [6.07, 6.45) is 7.49. The Balaban J connectivity index is 1.52. The molecule has 0 spiro atoms. The number of hydrogen-bond donors (Lipinski definition) is 0. The van der Waals surface area contributed by atoms with Crippen molar-refractivity contribution < 1.29 is 4.79 Å². The minimum absolute atomic E-state index is 0.582. The van der Waals surface area contributed by atoms with Gasteiger partial charge in [0.25, 0.3) is 0 Å². The van der Waals surface area contributed by atoms with Crippen LogP contribution in [0.25, 0.3) is 10.8 Å². The summed E-state index contributed by atoms with van der Waals surface area (Å²) in [4.78, 5) is 11.3. The molecule has 0 saturated heterocycles. The first-order valence-electron chi connectivity index (χ1n) is 11.7. The van der Waals surface area contributed by atoms with Gasteiger partial charge < -0.3 is 0 Å². The largest absolute Gasteiger partial charge is 0.298 e. The fourth-order valence-corrected chi connectivity index (χ4v) is 8.94. The van der Waals surface area contributed by atoms with Gasteiger partial charge in [0, 0.05) is 5.56 Å². The standard InChI is InChI=1S/C28H32O/c1-14-22-10-8-19-11-18(13-29)5-9-23(19)28(22)17(4)25-16(3)27-21-7-6-20(12-21)26(27)15(2)24(14)25/h5-11,13-17,20-21,24-27H,12H2,1-4H3. The molecular formula is C28H32O. The maximum Gasteiger partial charge on any atom is 0.150 e. The van der Waals surface area contributed by atoms with E-state index in [1.165, 1.54) is 17.2 Å². The molecule has 2 saturated carbocycles. The van der Waals surface area contributed by atoms with Gasteiger partial charge in [0.1, 0.15) is 6.29 Å². The number of rotatable bonds is 1. The molecule has 0 aliphatic heterocycles. The number of carbonyl (C=O) groups is 1. The summed E-state index contributed by atoms with van der Waals surface area (Å²) in [6.45, 7) is 10.2. The fraction of sp³-hybridized carbons (Fsp3) is 0.536. The highest BCUT2D eigenvalue weighted by Crippen LogP contribution is 2.66. The van der Waals surface area contributed by atoms with Crippen molar-refractivity contribution in [2.24, 2.45) is 47.3 Å². The highest BCUT2D eigenvalue weighted by molar-refractivity contribution is 5.92. The van der Waals surface area contributed by atoms with Crippen molar-refractivity contribution in [2.45, 2.75) is 46.0 Å². The average Bonchev–Trinajstić information content (AvgIpc) is 3.35. The van der Waals surface area contributed by atoms with Crippen LogP contribution in [0.3, 0.4) is 0 Å². The summed E-state index contributed by atoms with van der Waals surface area (Å²) < 4.78 is 0. The molecule has 4 aliphatic carbocycles. The molecule has 2 bridgehead atoms. The number of allylic oxidation sites excluding steroid dienone is 2. The minimum atomic E-state index is 0.582. The molecule has 0 radical (unpaired) electrons. The fourth-order valence-electron chi connectivity index (χ4n) is 8.94. The normalized spacial score (nSPS) is 44.4. The zero-order chi connectivity index (χ0) is 20.0. The summed E-state index contributed by atoms with van der Waals surface area (Å²) >= 11 is 0. The lowest BCUT2D eigenvalue weighted by atomic mass is 9.47. The molecule has 29 heavy (non-hydrogen) atoms. The van der Waals surface area contributed by atoms with Crippen LogP contribution in [0.5, 0.6) is 0 Å². The second-order valence-corrected chi connectivity index (χ2v) is 10.7. The Morgan fingerprint density at radius 3 is 2.10 bits per heavy atom. The minimum Gasteiger partial charge on any atom is -0.298 e. The van der Waals surface area contributed by atoms with E-state index in [1.807, 2.05) is 6.07 Å². The second-order valence-electron chi connectivity index (χ2n) is 10.7. The molecule has 10 unspecified atom stereocenters. The van der Waals surface area contributed by atoms with Crippen molar-refractivity contribution in [3.63, 3.8) is 0 Å². The van der Waals surface area contributed by atoms with Crippen molar-refractivity contribution in [2.75, 3.05) is 0 Å². The van der Waals surface area contributed by atoms with Gasteiger partial charge in [-0.3, -0.25) is 4.79 Å². The molecule has 0 aromatic heterocycles. The lowest BCUT2D eigenvalue weighted by Gasteiger charge is -2.57. The van der Waals surface area contributed by atoms with Crippen LogP contribution in [0.4, 0.5) is 0 Å². The third kappa shape index (κ3) is 2.20. The summed E-state index contributed by atoms with van der Waals surface area (Å²) in [5.74, 6) is 7.78. The van der Waals surface area contributed by atoms with E-state index in [-0.39, 0.29) is 0 Å². The summed E-state index contributed by atoms with van der Waals surface area (Å²) in [5.41, 5.74) is 3.93. The van der Waals surface area contributed by atoms with E-state index in [0.29, 0.717) is 11.8 Å². The first-order chi connectivity index (χ1) is 14.0. The van der Waals surface area contributed by atoms with Gasteiger partial charge in [-0.25, -0.2) is 0 Å². The van der Waals surface area contributed by atoms with Crippen LogP contribution in [0.1, 0.15) is 67.4 Å². The van der Waals surface area contributed by atoms with Crippen LogP contribution in [-0.4, -0.2) is 6.29 Å². The van der Waals surface area contributed by atoms with Crippen LogP contribution in [0, 0.1) is 47.3 Å². The van der Waals surface area contributed by atoms with E-state index in [4.69, 9.17) is 0 Å². The maximum absolute atomic E-state index is 11.3. The molecule has 0 heterocycles. The predicted octanol–water partition coefficient (Wildman–Crippen LogP) is 6.83. The van der Waals surface area contributed by atoms with Gasteiger partial charge in [0.15, 0.2) is 0 Å². The molecule has 6 rings (SSSR count). The third-order valence-corrected chi connectivity index (χ3v) is 9.81. The van der Waals surface area contributed by atoms with Crippen molar-refractivity contribution >= 4 is 17.1 Å². The van der Waals surface area contributed by atoms with Crippen LogP contribution < -0.4 is 0 Å². The van der Waals surface area contributed by atoms with Crippen molar-refractivity contribution in [1.82, 2.24) is 0 Å². The molecule has 150 valence electrons. The Labute approximate surface area is 174 Å². The van der Waals surface area contributed by atoms with E-state index in [9.17, 15) is 4.79 Å². The molecule has 0 amide bonds. The number of fused-ring (bicyclic) bond motifs is 9. The smallest absolute Gasteiger partial charge is 0.150 e. The van der Waals surface area contributed by atoms with E-state index < -0.39 is 0 Å². The highest BCUT2D eigenvalue weighted by Gasteiger charge is 2.59. The Bertz CT molecular complexity index is 1030. The van der Waals surface area contributed by atoms with Gasteiger partial charge in [-0.2, -0.15) is 0 Å². The molecule has 2 aromatic rings. The van der Waals surface area contributed by atoms with E-state index in [2.05, 4.69) is 64.1 Å². The molecule has 2 fully saturated rings. The van der Waals surface area contributed by atoms with Crippen molar-refractivity contribution in [3.05, 3.63) is 59.2 Å². The molecule has 10 atom stereocenters. The Morgan fingerprint density at radius 1 is 0.793 bits per heavy atom. The zero-order valence-corrected chi connectivity index (χ0v) is 18.0. The van der Waals surface area contributed by atoms with Crippen molar-refractivity contribution in [1.29, 1.82) is 0 Å². The first-order valence-corrected chi connectivity index (χ1v) is 11.7. The Kier molecular flexibility index (Phi) is 3.75. The molecule has 0 N–H and O–H groups in total. The predicted molar refractivity (Wildman–Crippen MR) is 119 cm³/mol. The highest BCUT2D eigenvalue weighted by atomic mass is 16.1. The molecule has 4 aliphatic rings. The molecule has 2 aromatic carbocycles. The molecule has 1 nitrogen and oxygen atoms in total. The van der Waals surface area contributed by atoms with Crippen LogP contribution in [0.2, 0.25) is 0 Å². The molecular weight excluding hydrogens is 352 g/mol. The van der Waals surface area contributed by atoms with Gasteiger partial charge in [-0.1, -0.05) is 64.1 Å². The van der Waals surface area contributed by atoms with Crippen LogP contribution in [-0.2, 0) is 0 Å². The van der Waals surface area contributed by atoms with Crippen LogP contribution >= 0.6 is 0 Å². The third-order valence-electron chi connectivity index (χ3n) is 9.81. The van der Waals surface area contributed by atoms with E-state index >= 15 is 0 Å². The maximum atomic E-state index is 11.3. The Morgan fingerprint density at radius 2 is 1.45 bits per heavy atom. The summed E-state index contributed by atoms with van der Waals surface area (Å²) in [5, 5.41) is 2.60. The van der Waals surface area contributed by atoms with Gasteiger partial charge in [-0.05, 0) is 93.6 Å². The average molecular weight is 385 g/mol. The SMILES string of the molecule is CC1c2ccc3cc(C=O)ccc3c2C(C)C2C(C)C3C4C=CC(C4)C3C(C)C12. The van der Waals surface area contributed by atoms with Crippen molar-refractivity contribution in [3.8, 4) is 0 Å². The van der Waals surface area contributed by atoms with Gasteiger partial charge in [0.05, 0.1) is 0 Å². The molecule has 1 heteroatoms. The number of hydrogen-bond acceptors (Lipinski definition) is 1. The lowest BCUT2D eigenvalue weighted by molar-refractivity contribution is -0.0375. The Hall–Kier alpha value is -1.89. The first kappa shape index (κ1) is 17.9. The zero-order valence-electron chi connectivity index (χ0n) is 18.0. The van der Waals surface area contributed by atoms with E-state index in [1.54, 1.807) is 11.1 Å². The monoisotopic (exact) mass is 384 g/mol. The van der Waals surface area contributed by atoms with Gasteiger partial charge in [0.2, 0.25) is 0 Å². The summed E-state index contributed by atoms with van der Waals surface area (Å²) in [7, 11) is 0.